The van der Waals surface area contributed by atoms with E-state index < -0.39 is 38.5 Å². The molecule has 11 heteroatoms. The molecule has 0 atom stereocenters. The third kappa shape index (κ3) is 3.85. The average Bonchev–Trinajstić information content (AvgIpc) is 2.89. The van der Waals surface area contributed by atoms with Crippen LogP contribution >= 0.6 is 11.3 Å². The number of carbonyl (C=O) groups is 1. The van der Waals surface area contributed by atoms with E-state index >= 15 is 0 Å². The van der Waals surface area contributed by atoms with Crippen molar-refractivity contribution < 1.29 is 26.7 Å². The van der Waals surface area contributed by atoms with Crippen molar-refractivity contribution in [2.24, 2.45) is 0 Å². The number of hydrogen-bond acceptors (Lipinski definition) is 7. The molecule has 1 amide bonds. The zero-order chi connectivity index (χ0) is 18.1. The molecule has 0 unspecified atom stereocenters. The first kappa shape index (κ1) is 18.2. The zero-order valence-corrected chi connectivity index (χ0v) is 14.5. The summed E-state index contributed by atoms with van der Waals surface area (Å²) in [6.45, 7) is 4.62. The first-order chi connectivity index (χ1) is 11.0. The fraction of sp³-hybridized carbons (Fsp3) is 0.308. The Morgan fingerprint density at radius 1 is 1.29 bits per heavy atom. The molecule has 0 radical (unpaired) electrons. The zero-order valence-electron chi connectivity index (χ0n) is 12.9. The Kier molecular flexibility index (Phi) is 4.85. The molecule has 0 aliphatic carbocycles. The molecule has 24 heavy (non-hydrogen) atoms. The van der Waals surface area contributed by atoms with Gasteiger partial charge in [0.1, 0.15) is 10.5 Å². The smallest absolute Gasteiger partial charge is 0.430 e. The van der Waals surface area contributed by atoms with Crippen LogP contribution in [0, 0.1) is 11.9 Å². The highest BCUT2D eigenvalue weighted by Crippen LogP contribution is 2.27. The van der Waals surface area contributed by atoms with Crippen molar-refractivity contribution in [3.8, 4) is 0 Å². The lowest BCUT2D eigenvalue weighted by atomic mass is 10.2. The van der Waals surface area contributed by atoms with Crippen LogP contribution in [-0.4, -0.2) is 30.1 Å². The van der Waals surface area contributed by atoms with Crippen LogP contribution in [0.5, 0.6) is 0 Å². The third-order valence-electron chi connectivity index (χ3n) is 2.49. The molecule has 0 spiro atoms. The molecule has 0 saturated carbocycles. The number of nitrogens with zero attached hydrogens (tertiary/aromatic N) is 3. The molecule has 0 saturated heterocycles. The molecule has 2 aromatic rings. The minimum absolute atomic E-state index is 0.215. The van der Waals surface area contributed by atoms with E-state index in [0.29, 0.717) is 12.1 Å². The van der Waals surface area contributed by atoms with Gasteiger partial charge in [-0.25, -0.2) is 18.2 Å². The van der Waals surface area contributed by atoms with Gasteiger partial charge in [0, 0.05) is 5.38 Å². The van der Waals surface area contributed by atoms with E-state index in [2.05, 4.69) is 9.97 Å². The maximum absolute atomic E-state index is 13.8. The van der Waals surface area contributed by atoms with E-state index in [4.69, 9.17) is 4.74 Å². The van der Waals surface area contributed by atoms with Crippen LogP contribution in [-0.2, 0) is 14.8 Å². The number of ether oxygens (including phenoxy) is 1. The van der Waals surface area contributed by atoms with Crippen LogP contribution in [0.25, 0.3) is 0 Å². The molecule has 7 nitrogen and oxygen atoms in total. The van der Waals surface area contributed by atoms with Gasteiger partial charge in [-0.2, -0.15) is 13.8 Å². The average molecular weight is 377 g/mol. The Morgan fingerprint density at radius 3 is 2.46 bits per heavy atom. The molecule has 130 valence electrons. The highest BCUT2D eigenvalue weighted by molar-refractivity contribution is 7.93. The molecular weight excluding hydrogens is 364 g/mol. The lowest BCUT2D eigenvalue weighted by Gasteiger charge is -2.25. The Bertz CT molecular complexity index is 849. The Balaban J connectivity index is 2.56. The first-order valence-corrected chi connectivity index (χ1v) is 8.89. The molecule has 2 rings (SSSR count). The molecule has 0 aliphatic heterocycles. The second kappa shape index (κ2) is 6.40. The molecule has 2 aromatic heterocycles. The molecular formula is C13H13F2N3O4S2. The predicted octanol–water partition coefficient (Wildman–Crippen LogP) is 2.95. The van der Waals surface area contributed by atoms with Gasteiger partial charge in [-0.15, -0.1) is 15.6 Å². The summed E-state index contributed by atoms with van der Waals surface area (Å²) in [6, 6.07) is 1.35. The van der Waals surface area contributed by atoms with Crippen LogP contribution in [0.15, 0.2) is 27.9 Å². The minimum atomic E-state index is -4.74. The number of thiazole rings is 1. The third-order valence-corrected chi connectivity index (χ3v) is 4.74. The van der Waals surface area contributed by atoms with Crippen LogP contribution in [0.2, 0.25) is 0 Å². The van der Waals surface area contributed by atoms with Gasteiger partial charge in [0.05, 0.1) is 5.51 Å². The summed E-state index contributed by atoms with van der Waals surface area (Å²) in [4.78, 5) is 17.9. The van der Waals surface area contributed by atoms with E-state index in [1.165, 1.54) is 31.7 Å². The van der Waals surface area contributed by atoms with Crippen molar-refractivity contribution in [1.82, 2.24) is 9.97 Å². The molecule has 0 aromatic carbocycles. The van der Waals surface area contributed by atoms with Crippen LogP contribution in [0.3, 0.4) is 0 Å². The number of rotatable bonds is 3. The van der Waals surface area contributed by atoms with Gasteiger partial charge < -0.3 is 4.74 Å². The number of carbonyl (C=O) groups excluding carboxylic acids is 1. The Labute approximate surface area is 141 Å². The van der Waals surface area contributed by atoms with Crippen molar-refractivity contribution in [3.63, 3.8) is 0 Å². The number of aromatic nitrogens is 2. The standard InChI is InChI=1S/C13H13F2N3O4S2/c1-13(2,3)22-12(19)18(10-6-23-7-16-10)24(20,21)8-4-5-9(14)17-11(8)15/h4-7H,1-3H3. The van der Waals surface area contributed by atoms with E-state index in [0.717, 1.165) is 11.3 Å². The van der Waals surface area contributed by atoms with Crippen LogP contribution in [0.1, 0.15) is 20.8 Å². The molecule has 0 N–H and O–H groups in total. The summed E-state index contributed by atoms with van der Waals surface area (Å²) in [5.41, 5.74) is 0.294. The number of anilines is 1. The molecule has 2 heterocycles. The quantitative estimate of drug-likeness (QED) is 0.764. The second-order valence-corrected chi connectivity index (χ2v) is 7.99. The van der Waals surface area contributed by atoms with Gasteiger partial charge in [-0.3, -0.25) is 0 Å². The highest BCUT2D eigenvalue weighted by Gasteiger charge is 2.38. The number of sulfonamides is 1. The molecule has 0 aliphatic rings. The maximum atomic E-state index is 13.8. The van der Waals surface area contributed by atoms with Gasteiger partial charge in [0.2, 0.25) is 11.9 Å². The summed E-state index contributed by atoms with van der Waals surface area (Å²) < 4.78 is 57.4. The van der Waals surface area contributed by atoms with E-state index in [1.54, 1.807) is 0 Å². The minimum Gasteiger partial charge on any atom is -0.443 e. The van der Waals surface area contributed by atoms with Crippen molar-refractivity contribution in [2.75, 3.05) is 4.31 Å². The summed E-state index contributed by atoms with van der Waals surface area (Å²) in [6.07, 6.45) is -1.27. The fourth-order valence-corrected chi connectivity index (χ4v) is 3.47. The largest absolute Gasteiger partial charge is 0.443 e. The highest BCUT2D eigenvalue weighted by atomic mass is 32.2. The number of hydrogen-bond donors (Lipinski definition) is 0. The summed E-state index contributed by atoms with van der Waals surface area (Å²) >= 11 is 1.03. The topological polar surface area (TPSA) is 89.5 Å². The fourth-order valence-electron chi connectivity index (χ4n) is 1.61. The number of amides is 1. The van der Waals surface area contributed by atoms with Crippen molar-refractivity contribution in [3.05, 3.63) is 34.9 Å². The lowest BCUT2D eigenvalue weighted by Crippen LogP contribution is -2.41. The van der Waals surface area contributed by atoms with Gasteiger partial charge in [-0.1, -0.05) is 0 Å². The number of halogens is 2. The maximum Gasteiger partial charge on any atom is 0.430 e. The van der Waals surface area contributed by atoms with E-state index in [-0.39, 0.29) is 10.1 Å². The molecule has 0 bridgehead atoms. The van der Waals surface area contributed by atoms with Crippen LogP contribution in [0.4, 0.5) is 19.4 Å². The Hall–Kier alpha value is -2.14. The molecule has 0 fully saturated rings. The van der Waals surface area contributed by atoms with E-state index in [1.807, 2.05) is 0 Å². The van der Waals surface area contributed by atoms with Crippen LogP contribution < -0.4 is 4.31 Å². The van der Waals surface area contributed by atoms with Gasteiger partial charge >= 0.3 is 6.09 Å². The Morgan fingerprint density at radius 2 is 1.96 bits per heavy atom. The summed E-state index contributed by atoms with van der Waals surface area (Å²) in [5, 5.41) is 1.27. The van der Waals surface area contributed by atoms with Gasteiger partial charge in [0.25, 0.3) is 10.0 Å². The number of pyridine rings is 1. The van der Waals surface area contributed by atoms with Gasteiger partial charge in [0.15, 0.2) is 5.82 Å². The summed E-state index contributed by atoms with van der Waals surface area (Å²) in [7, 11) is -4.74. The van der Waals surface area contributed by atoms with Gasteiger partial charge in [-0.05, 0) is 32.9 Å². The lowest BCUT2D eigenvalue weighted by molar-refractivity contribution is 0.0608. The predicted molar refractivity (Wildman–Crippen MR) is 82.2 cm³/mol. The van der Waals surface area contributed by atoms with E-state index in [9.17, 15) is 22.0 Å². The van der Waals surface area contributed by atoms with Crippen molar-refractivity contribution in [1.29, 1.82) is 0 Å². The van der Waals surface area contributed by atoms with Crippen molar-refractivity contribution >= 4 is 33.3 Å². The second-order valence-electron chi connectivity index (χ2n) is 5.52. The monoisotopic (exact) mass is 377 g/mol. The summed E-state index contributed by atoms with van der Waals surface area (Å²) in [5.74, 6) is -3.03. The normalized spacial score (nSPS) is 12.0. The SMILES string of the molecule is CC(C)(C)OC(=O)N(c1cscn1)S(=O)(=O)c1ccc(F)nc1F. The first-order valence-electron chi connectivity index (χ1n) is 6.51. The van der Waals surface area contributed by atoms with Crippen molar-refractivity contribution in [2.45, 2.75) is 31.3 Å².